The van der Waals surface area contributed by atoms with Gasteiger partial charge in [-0.25, -0.2) is 0 Å². The van der Waals surface area contributed by atoms with Gasteiger partial charge in [0, 0.05) is 0 Å². The van der Waals surface area contributed by atoms with Crippen molar-refractivity contribution in [3.63, 3.8) is 0 Å². The molecule has 90 valence electrons. The lowest BCUT2D eigenvalue weighted by Gasteiger charge is -2.31. The zero-order valence-corrected chi connectivity index (χ0v) is 7.67. The third-order valence-corrected chi connectivity index (χ3v) is 1.84. The average molecular weight is 259 g/mol. The first-order valence-electron chi connectivity index (χ1n) is 3.39. The number of alkyl halides is 7. The highest BCUT2D eigenvalue weighted by atomic mass is 35.5. The molecule has 0 aromatic carbocycles. The molecule has 0 aromatic heterocycles. The summed E-state index contributed by atoms with van der Waals surface area (Å²) in [6.07, 6.45) is -14.1. The fourth-order valence-corrected chi connectivity index (χ4v) is 0.788. The fraction of sp³-hybridized carbons (Fsp3) is 0.833. The lowest BCUT2D eigenvalue weighted by atomic mass is 9.96. The molecule has 0 radical (unpaired) electrons. The van der Waals surface area contributed by atoms with Crippen LogP contribution < -0.4 is 0 Å². The number of carbonyl (C=O) groups is 1. The monoisotopic (exact) mass is 258 g/mol. The maximum Gasteiger partial charge on any atom is 0.426 e. The van der Waals surface area contributed by atoms with Crippen molar-refractivity contribution in [2.75, 3.05) is 5.88 Å². The van der Waals surface area contributed by atoms with E-state index < -0.39 is 36.0 Å². The van der Waals surface area contributed by atoms with E-state index in [1.807, 2.05) is 0 Å². The van der Waals surface area contributed by atoms with Crippen molar-refractivity contribution in [2.45, 2.75) is 24.4 Å². The quantitative estimate of drug-likeness (QED) is 0.621. The van der Waals surface area contributed by atoms with E-state index >= 15 is 0 Å². The second-order valence-corrected chi connectivity index (χ2v) is 2.97. The molecule has 0 aliphatic rings. The summed E-state index contributed by atoms with van der Waals surface area (Å²) in [4.78, 5) is 10.4. The second kappa shape index (κ2) is 4.17. The Morgan fingerprint density at radius 1 is 1.07 bits per heavy atom. The Morgan fingerprint density at radius 3 is 1.60 bits per heavy atom. The zero-order valence-electron chi connectivity index (χ0n) is 6.92. The maximum absolute atomic E-state index is 11.9. The van der Waals surface area contributed by atoms with Crippen LogP contribution in [0, 0.1) is 0 Å². The predicted molar refractivity (Wildman–Crippen MR) is 37.4 cm³/mol. The fourth-order valence-electron chi connectivity index (χ4n) is 0.694. The van der Waals surface area contributed by atoms with Gasteiger partial charge < -0.3 is 5.11 Å². The molecule has 0 atom stereocenters. The molecule has 0 unspecified atom stereocenters. The van der Waals surface area contributed by atoms with Crippen LogP contribution in [0.15, 0.2) is 0 Å². The van der Waals surface area contributed by atoms with Crippen LogP contribution in [0.3, 0.4) is 0 Å². The van der Waals surface area contributed by atoms with E-state index in [2.05, 4.69) is 0 Å². The Labute approximate surface area is 84.8 Å². The van der Waals surface area contributed by atoms with E-state index in [9.17, 15) is 31.1 Å². The maximum atomic E-state index is 11.9. The molecular weight excluding hydrogens is 254 g/mol. The standard InChI is InChI=1S/C6H5ClF6O2/c7-2-3(14)1-4(15,5(8,9)10)6(11,12)13/h15H,1-2H2. The summed E-state index contributed by atoms with van der Waals surface area (Å²) < 4.78 is 71.6. The van der Waals surface area contributed by atoms with Crippen molar-refractivity contribution in [3.8, 4) is 0 Å². The van der Waals surface area contributed by atoms with Gasteiger partial charge in [0.2, 0.25) is 0 Å². The smallest absolute Gasteiger partial charge is 0.373 e. The van der Waals surface area contributed by atoms with E-state index in [1.165, 1.54) is 0 Å². The lowest BCUT2D eigenvalue weighted by molar-refractivity contribution is -0.366. The van der Waals surface area contributed by atoms with Crippen LogP contribution in [0.1, 0.15) is 6.42 Å². The first-order valence-corrected chi connectivity index (χ1v) is 3.92. The Bertz CT molecular complexity index is 231. The van der Waals surface area contributed by atoms with Gasteiger partial charge in [-0.05, 0) is 0 Å². The summed E-state index contributed by atoms with van der Waals surface area (Å²) >= 11 is 4.76. The van der Waals surface area contributed by atoms with Crippen molar-refractivity contribution in [1.29, 1.82) is 0 Å². The van der Waals surface area contributed by atoms with E-state index in [0.717, 1.165) is 0 Å². The molecule has 0 spiro atoms. The molecule has 0 aromatic rings. The van der Waals surface area contributed by atoms with Gasteiger partial charge >= 0.3 is 12.4 Å². The van der Waals surface area contributed by atoms with Gasteiger partial charge in [0.05, 0.1) is 12.3 Å². The van der Waals surface area contributed by atoms with Crippen LogP contribution in [0.25, 0.3) is 0 Å². The Kier molecular flexibility index (Phi) is 4.03. The summed E-state index contributed by atoms with van der Waals surface area (Å²) in [6.45, 7) is 0. The Balaban J connectivity index is 5.15. The number of Topliss-reactive ketones (excluding diaryl/α,β-unsaturated/α-hetero) is 1. The first kappa shape index (κ1) is 14.5. The molecular formula is C6H5ClF6O2. The van der Waals surface area contributed by atoms with Gasteiger partial charge in [-0.3, -0.25) is 4.79 Å². The summed E-state index contributed by atoms with van der Waals surface area (Å²) in [7, 11) is 0. The molecule has 15 heavy (non-hydrogen) atoms. The number of ketones is 1. The number of aliphatic hydroxyl groups is 1. The molecule has 0 amide bonds. The van der Waals surface area contributed by atoms with Crippen LogP contribution in [0.2, 0.25) is 0 Å². The number of carbonyl (C=O) groups excluding carboxylic acids is 1. The molecule has 0 bridgehead atoms. The van der Waals surface area contributed by atoms with Gasteiger partial charge in [-0.15, -0.1) is 11.6 Å². The van der Waals surface area contributed by atoms with Gasteiger partial charge in [0.25, 0.3) is 5.60 Å². The van der Waals surface area contributed by atoms with Crippen molar-refractivity contribution >= 4 is 17.4 Å². The molecule has 0 saturated heterocycles. The number of hydrogen-bond donors (Lipinski definition) is 1. The molecule has 9 heteroatoms. The van der Waals surface area contributed by atoms with Crippen molar-refractivity contribution in [1.82, 2.24) is 0 Å². The molecule has 1 N–H and O–H groups in total. The van der Waals surface area contributed by atoms with E-state index in [1.54, 1.807) is 0 Å². The highest BCUT2D eigenvalue weighted by Gasteiger charge is 2.70. The molecule has 0 saturated carbocycles. The van der Waals surface area contributed by atoms with Crippen molar-refractivity contribution in [2.24, 2.45) is 0 Å². The van der Waals surface area contributed by atoms with Crippen LogP contribution in [-0.2, 0) is 4.79 Å². The summed E-state index contributed by atoms with van der Waals surface area (Å²) in [6, 6.07) is 0. The molecule has 0 fully saturated rings. The topological polar surface area (TPSA) is 37.3 Å². The highest BCUT2D eigenvalue weighted by molar-refractivity contribution is 6.27. The van der Waals surface area contributed by atoms with E-state index in [4.69, 9.17) is 16.7 Å². The Hall–Kier alpha value is -0.500. The van der Waals surface area contributed by atoms with Gasteiger partial charge in [0.15, 0.2) is 5.78 Å². The Morgan fingerprint density at radius 2 is 1.40 bits per heavy atom. The van der Waals surface area contributed by atoms with Crippen LogP contribution >= 0.6 is 11.6 Å². The summed E-state index contributed by atoms with van der Waals surface area (Å²) in [5.41, 5.74) is -5.04. The van der Waals surface area contributed by atoms with Crippen LogP contribution in [-0.4, -0.2) is 34.7 Å². The normalized spacial score (nSPS) is 14.1. The minimum Gasteiger partial charge on any atom is -0.373 e. The average Bonchev–Trinajstić information content (AvgIpc) is 1.99. The van der Waals surface area contributed by atoms with Crippen molar-refractivity contribution < 1.29 is 36.2 Å². The van der Waals surface area contributed by atoms with Crippen molar-refractivity contribution in [3.05, 3.63) is 0 Å². The van der Waals surface area contributed by atoms with Gasteiger partial charge in [0.1, 0.15) is 0 Å². The SMILES string of the molecule is O=C(CCl)CC(O)(C(F)(F)F)C(F)(F)F. The zero-order chi connectivity index (χ0) is 12.5. The second-order valence-electron chi connectivity index (χ2n) is 2.70. The molecule has 0 aliphatic heterocycles. The highest BCUT2D eigenvalue weighted by Crippen LogP contribution is 2.45. The van der Waals surface area contributed by atoms with Gasteiger partial charge in [-0.2, -0.15) is 26.3 Å². The predicted octanol–water partition coefficient (Wildman–Crippen LogP) is 2.04. The van der Waals surface area contributed by atoms with Crippen LogP contribution in [0.5, 0.6) is 0 Å². The van der Waals surface area contributed by atoms with E-state index in [0.29, 0.717) is 0 Å². The third kappa shape index (κ3) is 2.97. The summed E-state index contributed by atoms with van der Waals surface area (Å²) in [5.74, 6) is -2.58. The number of hydrogen-bond acceptors (Lipinski definition) is 2. The molecule has 0 heterocycles. The molecule has 2 nitrogen and oxygen atoms in total. The van der Waals surface area contributed by atoms with Gasteiger partial charge in [-0.1, -0.05) is 0 Å². The molecule has 0 aliphatic carbocycles. The van der Waals surface area contributed by atoms with E-state index in [-0.39, 0.29) is 0 Å². The number of rotatable bonds is 3. The minimum atomic E-state index is -5.98. The largest absolute Gasteiger partial charge is 0.426 e. The van der Waals surface area contributed by atoms with Crippen LogP contribution in [0.4, 0.5) is 26.3 Å². The summed E-state index contributed by atoms with van der Waals surface area (Å²) in [5, 5.41) is 8.46. The lowest BCUT2D eigenvalue weighted by Crippen LogP contribution is -2.58. The first-order chi connectivity index (χ1) is 6.45. The third-order valence-electron chi connectivity index (χ3n) is 1.54. The minimum absolute atomic E-state index is 1.03. The number of halogens is 7. The molecule has 0 rings (SSSR count).